The second-order valence-electron chi connectivity index (χ2n) is 5.54. The molecule has 0 spiro atoms. The third-order valence-corrected chi connectivity index (χ3v) is 6.34. The minimum atomic E-state index is -0.240. The number of fused-ring (bicyclic) bond motifs is 1. The van der Waals surface area contributed by atoms with Crippen LogP contribution in [0.1, 0.15) is 32.6 Å². The molecule has 1 aliphatic rings. The van der Waals surface area contributed by atoms with Gasteiger partial charge in [-0.15, -0.1) is 0 Å². The van der Waals surface area contributed by atoms with E-state index in [0.29, 0.717) is 10.4 Å². The zero-order valence-corrected chi connectivity index (χ0v) is 14.6. The van der Waals surface area contributed by atoms with Gasteiger partial charge in [0.1, 0.15) is 0 Å². The second-order valence-corrected chi connectivity index (χ2v) is 7.60. The normalized spacial score (nSPS) is 16.7. The monoisotopic (exact) mass is 358 g/mol. The first kappa shape index (κ1) is 15.1. The molecule has 0 radical (unpaired) electrons. The van der Waals surface area contributed by atoms with E-state index in [9.17, 15) is 4.79 Å². The first-order valence-corrected chi connectivity index (χ1v) is 9.19. The van der Waals surface area contributed by atoms with Gasteiger partial charge in [-0.05, 0) is 0 Å². The summed E-state index contributed by atoms with van der Waals surface area (Å²) in [7, 11) is 1.44. The van der Waals surface area contributed by atoms with Crippen LogP contribution >= 0.6 is 0 Å². The fourth-order valence-corrected chi connectivity index (χ4v) is 5.11. The van der Waals surface area contributed by atoms with Crippen molar-refractivity contribution in [3.63, 3.8) is 0 Å². The molecule has 0 amide bonds. The Bertz CT molecular complexity index is 745. The zero-order valence-electron chi connectivity index (χ0n) is 12.9. The van der Waals surface area contributed by atoms with Crippen LogP contribution in [-0.4, -0.2) is 28.0 Å². The summed E-state index contributed by atoms with van der Waals surface area (Å²) in [5.74, 6) is -0.240. The first-order valence-electron chi connectivity index (χ1n) is 7.21. The number of rotatable bonds is 2. The Balaban J connectivity index is 2.09. The van der Waals surface area contributed by atoms with Gasteiger partial charge < -0.3 is 0 Å². The van der Waals surface area contributed by atoms with E-state index in [-0.39, 0.29) is 20.9 Å². The topological polar surface area (TPSA) is 26.3 Å². The van der Waals surface area contributed by atoms with Crippen LogP contribution in [0.15, 0.2) is 47.4 Å². The van der Waals surface area contributed by atoms with Crippen molar-refractivity contribution in [3.8, 4) is 0 Å². The van der Waals surface area contributed by atoms with Gasteiger partial charge >= 0.3 is 137 Å². The van der Waals surface area contributed by atoms with Gasteiger partial charge in [0.05, 0.1) is 0 Å². The zero-order chi connectivity index (χ0) is 15.7. The Kier molecular flexibility index (Phi) is 4.19. The van der Waals surface area contributed by atoms with Crippen LogP contribution in [0, 0.1) is 13.8 Å². The summed E-state index contributed by atoms with van der Waals surface area (Å²) in [5.41, 5.74) is 6.70. The van der Waals surface area contributed by atoms with E-state index >= 15 is 0 Å². The maximum absolute atomic E-state index is 12.0. The molecule has 0 aliphatic carbocycles. The van der Waals surface area contributed by atoms with Gasteiger partial charge in [-0.3, -0.25) is 0 Å². The van der Waals surface area contributed by atoms with Crippen LogP contribution in [-0.2, 0) is 9.53 Å². The van der Waals surface area contributed by atoms with E-state index in [4.69, 9.17) is 4.74 Å². The molecule has 3 heteroatoms. The summed E-state index contributed by atoms with van der Waals surface area (Å²) >= 11 is 0.195. The molecule has 1 atom stereocenters. The van der Waals surface area contributed by atoms with Crippen molar-refractivity contribution >= 4 is 26.5 Å². The third-order valence-electron chi connectivity index (χ3n) is 3.89. The maximum atomic E-state index is 12.0. The third kappa shape index (κ3) is 2.75. The molecular weight excluding hydrogens is 339 g/mol. The molecule has 0 N–H and O–H groups in total. The fraction of sp³-hybridized carbons (Fsp3) is 0.211. The molecule has 112 valence electrons. The van der Waals surface area contributed by atoms with Crippen molar-refractivity contribution in [2.45, 2.75) is 18.7 Å². The van der Waals surface area contributed by atoms with Crippen molar-refractivity contribution in [1.29, 1.82) is 0 Å². The number of hydrogen-bond donors (Lipinski definition) is 0. The van der Waals surface area contributed by atoms with Gasteiger partial charge in [0, 0.05) is 0 Å². The summed E-state index contributed by atoms with van der Waals surface area (Å²) in [6.07, 6.45) is 0. The number of benzene rings is 2. The summed E-state index contributed by atoms with van der Waals surface area (Å²) in [5, 5.41) is 0. The summed E-state index contributed by atoms with van der Waals surface area (Å²) < 4.78 is 4.95. The van der Waals surface area contributed by atoms with E-state index < -0.39 is 0 Å². The predicted molar refractivity (Wildman–Crippen MR) is 89.9 cm³/mol. The van der Waals surface area contributed by atoms with Crippen molar-refractivity contribution in [2.24, 2.45) is 0 Å². The van der Waals surface area contributed by atoms with Gasteiger partial charge in [0.25, 0.3) is 0 Å². The molecule has 0 fully saturated rings. The molecule has 22 heavy (non-hydrogen) atoms. The molecule has 2 aromatic rings. The van der Waals surface area contributed by atoms with Gasteiger partial charge in [-0.2, -0.15) is 0 Å². The predicted octanol–water partition coefficient (Wildman–Crippen LogP) is 3.62. The molecule has 3 rings (SSSR count). The molecule has 1 heterocycles. The van der Waals surface area contributed by atoms with Crippen LogP contribution < -0.4 is 0 Å². The molecule has 1 unspecified atom stereocenters. The van der Waals surface area contributed by atoms with Crippen molar-refractivity contribution in [2.75, 3.05) is 7.11 Å². The fourth-order valence-electron chi connectivity index (χ4n) is 2.67. The molecule has 2 aromatic carbocycles. The Hall–Kier alpha value is -1.83. The molecular formula is C19H18O2Se. The Labute approximate surface area is 137 Å². The Morgan fingerprint density at radius 1 is 1.05 bits per heavy atom. The van der Waals surface area contributed by atoms with Crippen LogP contribution in [0.3, 0.4) is 0 Å². The summed E-state index contributed by atoms with van der Waals surface area (Å²) in [4.78, 5) is 14.5. The van der Waals surface area contributed by atoms with Crippen LogP contribution in [0.5, 0.6) is 0 Å². The van der Waals surface area contributed by atoms with Crippen LogP contribution in [0.2, 0.25) is 0 Å². The van der Waals surface area contributed by atoms with E-state index in [1.54, 1.807) is 0 Å². The van der Waals surface area contributed by atoms with Gasteiger partial charge in [-0.1, -0.05) is 0 Å². The number of hydrogen-bond acceptors (Lipinski definition) is 2. The Morgan fingerprint density at radius 3 is 2.41 bits per heavy atom. The average molecular weight is 357 g/mol. The number of carbonyl (C=O) groups is 1. The molecule has 2 nitrogen and oxygen atoms in total. The van der Waals surface area contributed by atoms with E-state index in [0.717, 1.165) is 11.1 Å². The second kappa shape index (κ2) is 6.12. The standard InChI is InChI=1S/C19H18O2Se/c1-12-4-7-14(8-5-12)18-15-9-6-13(2)10-16(15)17(11-22-18)19(20)21-3/h4-11,18H,1-3H3. The van der Waals surface area contributed by atoms with E-state index in [1.165, 1.54) is 23.8 Å². The van der Waals surface area contributed by atoms with Crippen molar-refractivity contribution in [1.82, 2.24) is 0 Å². The molecule has 0 aromatic heterocycles. The Morgan fingerprint density at radius 2 is 1.73 bits per heavy atom. The number of aryl methyl sites for hydroxylation is 2. The number of methoxy groups -OCH3 is 1. The first-order chi connectivity index (χ1) is 10.6. The van der Waals surface area contributed by atoms with E-state index in [1.807, 2.05) is 0 Å². The van der Waals surface area contributed by atoms with Crippen LogP contribution in [0.25, 0.3) is 5.57 Å². The van der Waals surface area contributed by atoms with Crippen molar-refractivity contribution < 1.29 is 9.53 Å². The number of ether oxygens (including phenoxy) is 1. The number of esters is 1. The molecule has 0 saturated heterocycles. The summed E-state index contributed by atoms with van der Waals surface area (Å²) in [6, 6.07) is 15.1. The quantitative estimate of drug-likeness (QED) is 0.606. The molecule has 1 aliphatic heterocycles. The van der Waals surface area contributed by atoms with Crippen LogP contribution in [0.4, 0.5) is 0 Å². The number of carbonyl (C=O) groups excluding carboxylic acids is 1. The van der Waals surface area contributed by atoms with Gasteiger partial charge in [0.2, 0.25) is 0 Å². The minimum absolute atomic E-state index is 0.195. The SMILES string of the molecule is COC(=O)C1=C[Se]C(c2ccc(C)cc2)c2ccc(C)cc21. The average Bonchev–Trinajstić information content (AvgIpc) is 2.54. The summed E-state index contributed by atoms with van der Waals surface area (Å²) in [6.45, 7) is 4.15. The van der Waals surface area contributed by atoms with Gasteiger partial charge in [0.15, 0.2) is 0 Å². The van der Waals surface area contributed by atoms with Gasteiger partial charge in [-0.25, -0.2) is 0 Å². The van der Waals surface area contributed by atoms with Crippen molar-refractivity contribution in [3.05, 3.63) is 75.3 Å². The molecule has 0 saturated carbocycles. The molecule has 0 bridgehead atoms. The van der Waals surface area contributed by atoms with E-state index in [2.05, 4.69) is 61.3 Å².